The highest BCUT2D eigenvalue weighted by Gasteiger charge is 2.76. The number of para-hydroxylation sites is 1. The zero-order chi connectivity index (χ0) is 37.3. The minimum atomic E-state index is -1.57. The third kappa shape index (κ3) is 6.72. The minimum Gasteiger partial charge on any atom is -0.455 e. The van der Waals surface area contributed by atoms with Crippen molar-refractivity contribution < 1.29 is 38.5 Å². The molecule has 0 aliphatic carbocycles. The summed E-state index contributed by atoms with van der Waals surface area (Å²) in [5.41, 5.74) is 0.247. The normalized spacial score (nSPS) is 31.2. The summed E-state index contributed by atoms with van der Waals surface area (Å²) in [6.45, 7) is 5.42. The third-order valence-electron chi connectivity index (χ3n) is 10.9. The second-order valence-corrected chi connectivity index (χ2v) is 15.3. The highest BCUT2D eigenvalue weighted by atomic mass is 79.9. The summed E-state index contributed by atoms with van der Waals surface area (Å²) in [5, 5.41) is 14.2. The number of carbonyl (C=O) groups excluding carboxylic acids is 4. The van der Waals surface area contributed by atoms with Crippen LogP contribution < -0.4 is 10.2 Å². The standard InChI is InChI=1S/C39H45BrClN3O8/c1-5-22(2)28(20-45)44-35-37(48)43(32-23(3)13-12-16-26(32)41)18-11-7-10-17-29(46)42-27(21-50-4)33(24-14-8-6-9-15-24)51-38(49)30-31(36(44)47)39(35)19-25(40)34(30)52-39/h6-9,11-16,19,22,27-28,30-31,33-35,45H,5,10,17-18,20-21H2,1-4H3,(H,42,46)/b11-7-/t22-,27+,28-,30-,31+,33+,34-,35-,39+/m0/s1. The van der Waals surface area contributed by atoms with E-state index in [-0.39, 0.29) is 31.4 Å². The number of carbonyl (C=O) groups is 4. The lowest BCUT2D eigenvalue weighted by atomic mass is 9.74. The van der Waals surface area contributed by atoms with Gasteiger partial charge in [-0.3, -0.25) is 19.2 Å². The van der Waals surface area contributed by atoms with Crippen LogP contribution in [0.2, 0.25) is 5.02 Å². The predicted octanol–water partition coefficient (Wildman–Crippen LogP) is 5.03. The van der Waals surface area contributed by atoms with Gasteiger partial charge in [-0.05, 0) is 42.5 Å². The molecule has 52 heavy (non-hydrogen) atoms. The van der Waals surface area contributed by atoms with Crippen LogP contribution in [0.25, 0.3) is 0 Å². The first-order valence-electron chi connectivity index (χ1n) is 17.7. The number of benzene rings is 2. The van der Waals surface area contributed by atoms with E-state index in [1.807, 2.05) is 51.1 Å². The molecule has 278 valence electrons. The van der Waals surface area contributed by atoms with E-state index in [0.29, 0.717) is 33.6 Å². The lowest BCUT2D eigenvalue weighted by Crippen LogP contribution is -2.59. The zero-order valence-corrected chi connectivity index (χ0v) is 32.0. The van der Waals surface area contributed by atoms with Crippen LogP contribution in [0.3, 0.4) is 0 Å². The molecule has 2 saturated heterocycles. The maximum atomic E-state index is 15.3. The number of aliphatic hydroxyl groups excluding tert-OH is 1. The molecule has 1 spiro atoms. The predicted molar refractivity (Wildman–Crippen MR) is 199 cm³/mol. The molecule has 6 rings (SSSR count). The number of halogens is 2. The van der Waals surface area contributed by atoms with Crippen LogP contribution in [0.15, 0.2) is 71.2 Å². The van der Waals surface area contributed by atoms with E-state index in [1.54, 1.807) is 36.4 Å². The van der Waals surface area contributed by atoms with Crippen molar-refractivity contribution in [3.63, 3.8) is 0 Å². The topological polar surface area (TPSA) is 135 Å². The number of amides is 3. The number of hydrogen-bond donors (Lipinski definition) is 2. The molecule has 2 N–H and O–H groups in total. The van der Waals surface area contributed by atoms with Crippen LogP contribution in [0.1, 0.15) is 50.3 Å². The maximum Gasteiger partial charge on any atom is 0.313 e. The lowest BCUT2D eigenvalue weighted by molar-refractivity contribution is -0.163. The summed E-state index contributed by atoms with van der Waals surface area (Å²) >= 11 is 10.4. The number of nitrogens with zero attached hydrogens (tertiary/aromatic N) is 2. The average molecular weight is 799 g/mol. The van der Waals surface area contributed by atoms with Gasteiger partial charge in [-0.1, -0.05) is 102 Å². The molecule has 13 heteroatoms. The Morgan fingerprint density at radius 1 is 1.08 bits per heavy atom. The molecule has 0 aromatic heterocycles. The van der Waals surface area contributed by atoms with Crippen molar-refractivity contribution >= 4 is 56.9 Å². The number of aryl methyl sites for hydroxylation is 1. The number of methoxy groups -OCH3 is 1. The van der Waals surface area contributed by atoms with E-state index in [2.05, 4.69) is 21.2 Å². The molecule has 3 amide bonds. The van der Waals surface area contributed by atoms with Gasteiger partial charge in [0.15, 0.2) is 0 Å². The molecule has 4 aliphatic rings. The monoisotopic (exact) mass is 797 g/mol. The Bertz CT molecular complexity index is 1740. The number of anilines is 1. The molecule has 11 nitrogen and oxygen atoms in total. The quantitative estimate of drug-likeness (QED) is 0.281. The van der Waals surface area contributed by atoms with Gasteiger partial charge in [0.25, 0.3) is 5.91 Å². The highest BCUT2D eigenvalue weighted by Crippen LogP contribution is 2.60. The smallest absolute Gasteiger partial charge is 0.313 e. The van der Waals surface area contributed by atoms with Crippen molar-refractivity contribution in [3.05, 3.63) is 87.4 Å². The van der Waals surface area contributed by atoms with Crippen LogP contribution >= 0.6 is 27.5 Å². The van der Waals surface area contributed by atoms with Gasteiger partial charge in [0, 0.05) is 24.6 Å². The van der Waals surface area contributed by atoms with Crippen molar-refractivity contribution in [2.24, 2.45) is 17.8 Å². The molecule has 2 aromatic carbocycles. The van der Waals surface area contributed by atoms with Gasteiger partial charge in [0.2, 0.25) is 11.8 Å². The lowest BCUT2D eigenvalue weighted by Gasteiger charge is -2.40. The molecular weight excluding hydrogens is 754 g/mol. The van der Waals surface area contributed by atoms with Gasteiger partial charge in [-0.25, -0.2) is 0 Å². The summed E-state index contributed by atoms with van der Waals surface area (Å²) in [4.78, 5) is 61.3. The number of cyclic esters (lactones) is 1. The van der Waals surface area contributed by atoms with Gasteiger partial charge in [0.05, 0.1) is 41.9 Å². The number of likely N-dealkylation sites (tertiary alicyclic amines) is 1. The molecular formula is C39H45BrClN3O8. The highest BCUT2D eigenvalue weighted by molar-refractivity contribution is 9.11. The third-order valence-corrected chi connectivity index (χ3v) is 11.8. The number of fused-ring (bicyclic) bond motifs is 2. The van der Waals surface area contributed by atoms with Crippen LogP contribution in [0, 0.1) is 24.7 Å². The molecule has 5 bridgehead atoms. The van der Waals surface area contributed by atoms with Crippen molar-refractivity contribution in [3.8, 4) is 0 Å². The molecule has 9 atom stereocenters. The minimum absolute atomic E-state index is 0.0402. The molecule has 0 radical (unpaired) electrons. The zero-order valence-electron chi connectivity index (χ0n) is 29.7. The number of allylic oxidation sites excluding steroid dienone is 1. The number of rotatable bonds is 8. The largest absolute Gasteiger partial charge is 0.455 e. The number of esters is 1. The number of nitrogens with one attached hydrogen (secondary N) is 1. The fourth-order valence-electron chi connectivity index (χ4n) is 8.19. The van der Waals surface area contributed by atoms with Gasteiger partial charge >= 0.3 is 5.97 Å². The SMILES string of the molecule is CC[C@H](C)[C@H](CO)N1C(=O)[C@H]2[C@@H]3C(=O)O[C@H](c4ccccc4)[C@@H](COC)NC(=O)CC/C=C\CN(c4c(C)cccc4Cl)C(=O)[C@H]1[C@@]21C=C(Br)[C@@H]3O1. The Kier molecular flexibility index (Phi) is 11.6. The first-order chi connectivity index (χ1) is 25.0. The Morgan fingerprint density at radius 3 is 2.50 bits per heavy atom. The molecule has 0 unspecified atom stereocenters. The van der Waals surface area contributed by atoms with Gasteiger partial charge in [0.1, 0.15) is 29.8 Å². The van der Waals surface area contributed by atoms with E-state index in [0.717, 1.165) is 5.56 Å². The Morgan fingerprint density at radius 2 is 1.83 bits per heavy atom. The van der Waals surface area contributed by atoms with Gasteiger partial charge in [-0.15, -0.1) is 0 Å². The van der Waals surface area contributed by atoms with Crippen LogP contribution in [-0.4, -0.2) is 90.4 Å². The van der Waals surface area contributed by atoms with Crippen LogP contribution in [0.4, 0.5) is 5.69 Å². The first kappa shape index (κ1) is 38.2. The molecule has 4 heterocycles. The molecule has 2 aromatic rings. The van der Waals surface area contributed by atoms with Crippen molar-refractivity contribution in [1.29, 1.82) is 0 Å². The molecule has 0 saturated carbocycles. The van der Waals surface area contributed by atoms with Crippen molar-refractivity contribution in [2.45, 2.75) is 76.0 Å². The number of ether oxygens (including phenoxy) is 3. The molecule has 4 aliphatic heterocycles. The number of aliphatic hydroxyl groups is 1. The Balaban J connectivity index is 1.54. The van der Waals surface area contributed by atoms with Crippen LogP contribution in [0.5, 0.6) is 0 Å². The number of hydrogen-bond acceptors (Lipinski definition) is 8. The average Bonchev–Trinajstić information content (AvgIpc) is 3.72. The van der Waals surface area contributed by atoms with E-state index in [1.165, 1.54) is 16.9 Å². The van der Waals surface area contributed by atoms with Crippen molar-refractivity contribution in [1.82, 2.24) is 10.2 Å². The fraction of sp³-hybridized carbons (Fsp3) is 0.487. The van der Waals surface area contributed by atoms with Crippen molar-refractivity contribution in [2.75, 3.05) is 31.8 Å². The van der Waals surface area contributed by atoms with Gasteiger partial charge in [-0.2, -0.15) is 0 Å². The van der Waals surface area contributed by atoms with E-state index in [9.17, 15) is 19.5 Å². The van der Waals surface area contributed by atoms with Crippen LogP contribution in [-0.2, 0) is 33.4 Å². The Hall–Kier alpha value is -3.55. The van der Waals surface area contributed by atoms with E-state index < -0.39 is 72.2 Å². The van der Waals surface area contributed by atoms with E-state index in [4.69, 9.17) is 25.8 Å². The summed E-state index contributed by atoms with van der Waals surface area (Å²) in [6.07, 6.45) is 4.56. The second kappa shape index (κ2) is 15.8. The fourth-order valence-corrected chi connectivity index (χ4v) is 9.25. The van der Waals surface area contributed by atoms with Gasteiger partial charge < -0.3 is 34.4 Å². The second-order valence-electron chi connectivity index (χ2n) is 14.0. The summed E-state index contributed by atoms with van der Waals surface area (Å²) < 4.78 is 19.1. The van der Waals surface area contributed by atoms with E-state index >= 15 is 4.79 Å². The summed E-state index contributed by atoms with van der Waals surface area (Å²) in [7, 11) is 1.50. The first-order valence-corrected chi connectivity index (χ1v) is 18.9. The Labute approximate surface area is 317 Å². The summed E-state index contributed by atoms with van der Waals surface area (Å²) in [6, 6.07) is 11.6. The maximum absolute atomic E-state index is 15.3. The summed E-state index contributed by atoms with van der Waals surface area (Å²) in [5.74, 6) is -4.46. The molecule has 2 fully saturated rings.